The van der Waals surface area contributed by atoms with Gasteiger partial charge in [-0.25, -0.2) is 0 Å². The lowest BCUT2D eigenvalue weighted by atomic mass is 10.0. The lowest BCUT2D eigenvalue weighted by Gasteiger charge is -2.11. The third kappa shape index (κ3) is 3.35. The van der Waals surface area contributed by atoms with Gasteiger partial charge >= 0.3 is 6.18 Å². The first kappa shape index (κ1) is 14.1. The van der Waals surface area contributed by atoms with Crippen LogP contribution in [0.2, 0.25) is 0 Å². The first-order valence-electron chi connectivity index (χ1n) is 5.92. The van der Waals surface area contributed by atoms with Gasteiger partial charge in [-0.15, -0.1) is 0 Å². The predicted molar refractivity (Wildman–Crippen MR) is 71.2 cm³/mol. The summed E-state index contributed by atoms with van der Waals surface area (Å²) >= 11 is 0. The van der Waals surface area contributed by atoms with E-state index in [0.29, 0.717) is 6.08 Å². The molecule has 0 atom stereocenters. The van der Waals surface area contributed by atoms with Crippen LogP contribution in [-0.2, 0) is 0 Å². The van der Waals surface area contributed by atoms with Crippen molar-refractivity contribution < 1.29 is 18.0 Å². The molecule has 0 bridgehead atoms. The molecule has 20 heavy (non-hydrogen) atoms. The molecule has 1 nitrogen and oxygen atoms in total. The summed E-state index contributed by atoms with van der Waals surface area (Å²) in [6.45, 7) is 0. The number of ketones is 1. The van der Waals surface area contributed by atoms with Crippen molar-refractivity contribution in [2.24, 2.45) is 0 Å². The minimum absolute atomic E-state index is 0.0238. The molecule has 0 fully saturated rings. The molecule has 0 unspecified atom stereocenters. The van der Waals surface area contributed by atoms with Crippen LogP contribution in [0.15, 0.2) is 66.7 Å². The largest absolute Gasteiger partial charge is 0.417 e. The van der Waals surface area contributed by atoms with Crippen molar-refractivity contribution in [2.45, 2.75) is 6.18 Å². The van der Waals surface area contributed by atoms with Gasteiger partial charge in [-0.05, 0) is 11.6 Å². The summed E-state index contributed by atoms with van der Waals surface area (Å²) in [4.78, 5) is 11.9. The van der Waals surface area contributed by atoms with Crippen LogP contribution >= 0.6 is 0 Å². The predicted octanol–water partition coefficient (Wildman–Crippen LogP) is 4.52. The second-order valence-electron chi connectivity index (χ2n) is 4.15. The first-order chi connectivity index (χ1) is 9.48. The first-order valence-corrected chi connectivity index (χ1v) is 5.92. The molecule has 0 radical (unpaired) electrons. The van der Waals surface area contributed by atoms with Gasteiger partial charge in [0.2, 0.25) is 0 Å². The molecule has 0 saturated carbocycles. The highest BCUT2D eigenvalue weighted by molar-refractivity contribution is 6.09. The highest BCUT2D eigenvalue weighted by Gasteiger charge is 2.35. The Labute approximate surface area is 114 Å². The lowest BCUT2D eigenvalue weighted by molar-refractivity contribution is -0.0689. The standard InChI is InChI=1S/C16H11F3O/c17-16(18,19)14(12-7-3-1-4-8-12)11-15(20)13-9-5-2-6-10-13/h1-11H/b14-11+. The number of rotatable bonds is 3. The summed E-state index contributed by atoms with van der Waals surface area (Å²) in [6.07, 6.45) is -3.93. The Morgan fingerprint density at radius 2 is 1.25 bits per heavy atom. The summed E-state index contributed by atoms with van der Waals surface area (Å²) in [5, 5.41) is 0. The third-order valence-electron chi connectivity index (χ3n) is 2.72. The van der Waals surface area contributed by atoms with Gasteiger partial charge in [0.15, 0.2) is 5.78 Å². The maximum absolute atomic E-state index is 13.1. The van der Waals surface area contributed by atoms with E-state index in [1.54, 1.807) is 24.3 Å². The van der Waals surface area contributed by atoms with Crippen molar-refractivity contribution in [2.75, 3.05) is 0 Å². The van der Waals surface area contributed by atoms with Gasteiger partial charge in [0, 0.05) is 5.56 Å². The van der Waals surface area contributed by atoms with E-state index in [0.717, 1.165) is 0 Å². The van der Waals surface area contributed by atoms with Gasteiger partial charge in [0.25, 0.3) is 0 Å². The van der Waals surface area contributed by atoms with Crippen LogP contribution in [0.1, 0.15) is 15.9 Å². The smallest absolute Gasteiger partial charge is 0.289 e. The Kier molecular flexibility index (Phi) is 4.03. The molecule has 2 aromatic rings. The van der Waals surface area contributed by atoms with E-state index in [1.165, 1.54) is 36.4 Å². The monoisotopic (exact) mass is 276 g/mol. The molecular weight excluding hydrogens is 265 g/mol. The highest BCUT2D eigenvalue weighted by Crippen LogP contribution is 2.33. The van der Waals surface area contributed by atoms with E-state index >= 15 is 0 Å². The van der Waals surface area contributed by atoms with Gasteiger partial charge < -0.3 is 0 Å². The van der Waals surface area contributed by atoms with Gasteiger partial charge in [0.1, 0.15) is 0 Å². The lowest BCUT2D eigenvalue weighted by Crippen LogP contribution is -2.12. The molecule has 0 aliphatic carbocycles. The molecule has 0 aliphatic heterocycles. The zero-order valence-electron chi connectivity index (χ0n) is 10.4. The summed E-state index contributed by atoms with van der Waals surface area (Å²) < 4.78 is 39.2. The maximum Gasteiger partial charge on any atom is 0.417 e. The minimum atomic E-state index is -4.58. The minimum Gasteiger partial charge on any atom is -0.289 e. The molecule has 0 saturated heterocycles. The van der Waals surface area contributed by atoms with Gasteiger partial charge in [-0.1, -0.05) is 60.7 Å². The number of hydrogen-bond donors (Lipinski definition) is 0. The number of allylic oxidation sites excluding steroid dienone is 2. The SMILES string of the molecule is O=C(/C=C(\c1ccccc1)C(F)(F)F)c1ccccc1. The van der Waals surface area contributed by atoms with E-state index in [-0.39, 0.29) is 11.1 Å². The second-order valence-corrected chi connectivity index (χ2v) is 4.15. The van der Waals surface area contributed by atoms with Crippen molar-refractivity contribution in [3.63, 3.8) is 0 Å². The van der Waals surface area contributed by atoms with Crippen molar-refractivity contribution >= 4 is 11.4 Å². The molecule has 0 aliphatic rings. The second kappa shape index (κ2) is 5.74. The van der Waals surface area contributed by atoms with E-state index in [9.17, 15) is 18.0 Å². The summed E-state index contributed by atoms with van der Waals surface area (Å²) in [7, 11) is 0. The van der Waals surface area contributed by atoms with Crippen LogP contribution < -0.4 is 0 Å². The molecule has 2 aromatic carbocycles. The maximum atomic E-state index is 13.1. The summed E-state index contributed by atoms with van der Waals surface area (Å²) in [5.41, 5.74) is -0.735. The third-order valence-corrected chi connectivity index (χ3v) is 2.72. The highest BCUT2D eigenvalue weighted by atomic mass is 19.4. The molecule has 102 valence electrons. The molecule has 0 N–H and O–H groups in total. The van der Waals surface area contributed by atoms with Gasteiger partial charge in [-0.3, -0.25) is 4.79 Å². The Morgan fingerprint density at radius 3 is 1.70 bits per heavy atom. The summed E-state index contributed by atoms with van der Waals surface area (Å²) in [6, 6.07) is 15.2. The van der Waals surface area contributed by atoms with Gasteiger partial charge in [0.05, 0.1) is 5.57 Å². The van der Waals surface area contributed by atoms with Crippen LogP contribution in [-0.4, -0.2) is 12.0 Å². The van der Waals surface area contributed by atoms with Crippen molar-refractivity contribution in [3.8, 4) is 0 Å². The van der Waals surface area contributed by atoms with Crippen LogP contribution in [0.4, 0.5) is 13.2 Å². The fourth-order valence-corrected chi connectivity index (χ4v) is 1.76. The average molecular weight is 276 g/mol. The van der Waals surface area contributed by atoms with Crippen molar-refractivity contribution in [3.05, 3.63) is 77.9 Å². The zero-order valence-corrected chi connectivity index (χ0v) is 10.4. The fraction of sp³-hybridized carbons (Fsp3) is 0.0625. The summed E-state index contributed by atoms with van der Waals surface area (Å²) in [5.74, 6) is -0.665. The van der Waals surface area contributed by atoms with Crippen LogP contribution in [0.25, 0.3) is 5.57 Å². The van der Waals surface area contributed by atoms with Crippen molar-refractivity contribution in [1.82, 2.24) is 0 Å². The van der Waals surface area contributed by atoms with Crippen LogP contribution in [0.3, 0.4) is 0 Å². The number of alkyl halides is 3. The molecule has 0 heterocycles. The number of hydrogen-bond acceptors (Lipinski definition) is 1. The molecule has 4 heteroatoms. The molecule has 0 amide bonds. The van der Waals surface area contributed by atoms with E-state index in [2.05, 4.69) is 0 Å². The zero-order chi connectivity index (χ0) is 14.6. The number of carbonyl (C=O) groups excluding carboxylic acids is 1. The van der Waals surface area contributed by atoms with E-state index in [4.69, 9.17) is 0 Å². The van der Waals surface area contributed by atoms with Crippen molar-refractivity contribution in [1.29, 1.82) is 0 Å². The quantitative estimate of drug-likeness (QED) is 0.595. The Morgan fingerprint density at radius 1 is 0.800 bits per heavy atom. The van der Waals surface area contributed by atoms with E-state index in [1.807, 2.05) is 0 Å². The van der Waals surface area contributed by atoms with Crippen LogP contribution in [0.5, 0.6) is 0 Å². The van der Waals surface area contributed by atoms with E-state index < -0.39 is 17.5 Å². The molecule has 0 aromatic heterocycles. The number of benzene rings is 2. The molecule has 2 rings (SSSR count). The molecular formula is C16H11F3O. The number of halogens is 3. The normalized spacial score (nSPS) is 12.2. The fourth-order valence-electron chi connectivity index (χ4n) is 1.76. The average Bonchev–Trinajstić information content (AvgIpc) is 2.45. The Bertz CT molecular complexity index is 613. The van der Waals surface area contributed by atoms with Gasteiger partial charge in [-0.2, -0.15) is 13.2 Å². The topological polar surface area (TPSA) is 17.1 Å². The number of carbonyl (C=O) groups is 1. The Balaban J connectivity index is 2.43. The van der Waals surface area contributed by atoms with Crippen LogP contribution in [0, 0.1) is 0 Å². The Hall–Kier alpha value is -2.36. The molecule has 0 spiro atoms.